The summed E-state index contributed by atoms with van der Waals surface area (Å²) in [6, 6.07) is 4.83. The first-order valence-electron chi connectivity index (χ1n) is 8.67. The van der Waals surface area contributed by atoms with Crippen LogP contribution in [0.15, 0.2) is 22.5 Å². The molecule has 2 rings (SSSR count). The number of ether oxygens (including phenoxy) is 1. The van der Waals surface area contributed by atoms with E-state index in [1.54, 1.807) is 0 Å². The smallest absolute Gasteiger partial charge is 0.191 e. The van der Waals surface area contributed by atoms with Gasteiger partial charge in [0.05, 0.1) is 11.6 Å². The monoisotopic (exact) mass is 466 g/mol. The summed E-state index contributed by atoms with van der Waals surface area (Å²) in [6.45, 7) is 6.78. The minimum atomic E-state index is 0. The molecule has 7 heteroatoms. The maximum atomic E-state index is 5.56. The van der Waals surface area contributed by atoms with E-state index in [9.17, 15) is 0 Å². The molecule has 5 nitrogen and oxygen atoms in total. The Bertz CT molecular complexity index is 447. The molecule has 0 aliphatic carbocycles. The van der Waals surface area contributed by atoms with E-state index in [0.29, 0.717) is 6.04 Å². The lowest BCUT2D eigenvalue weighted by Crippen LogP contribution is -2.49. The number of hydrogen-bond acceptors (Lipinski definition) is 4. The fourth-order valence-corrected chi connectivity index (χ4v) is 3.46. The normalized spacial score (nSPS) is 15.9. The second-order valence-electron chi connectivity index (χ2n) is 5.82. The van der Waals surface area contributed by atoms with Crippen molar-refractivity contribution in [1.29, 1.82) is 0 Å². The van der Waals surface area contributed by atoms with E-state index in [1.165, 1.54) is 11.4 Å². The summed E-state index contributed by atoms with van der Waals surface area (Å²) in [5.41, 5.74) is 0. The Balaban J connectivity index is 0.00000288. The van der Waals surface area contributed by atoms with Gasteiger partial charge >= 0.3 is 0 Å². The molecule has 0 spiro atoms. The number of unbranched alkanes of at least 4 members (excludes halogenated alkanes) is 1. The predicted octanol–water partition coefficient (Wildman–Crippen LogP) is 3.32. The van der Waals surface area contributed by atoms with E-state index in [-0.39, 0.29) is 24.0 Å². The zero-order chi connectivity index (χ0) is 16.3. The Morgan fingerprint density at radius 1 is 1.38 bits per heavy atom. The molecule has 0 atom stereocenters. The third kappa shape index (κ3) is 7.57. The first-order valence-corrected chi connectivity index (χ1v) is 9.54. The Kier molecular flexibility index (Phi) is 11.4. The lowest BCUT2D eigenvalue weighted by molar-refractivity contribution is 0.136. The van der Waals surface area contributed by atoms with Gasteiger partial charge in [-0.25, -0.2) is 0 Å². The lowest BCUT2D eigenvalue weighted by Gasteiger charge is -2.33. The molecule has 138 valence electrons. The largest absolute Gasteiger partial charge is 0.380 e. The third-order valence-electron chi connectivity index (χ3n) is 4.06. The molecule has 0 aromatic carbocycles. The highest BCUT2D eigenvalue weighted by Crippen LogP contribution is 2.24. The number of rotatable bonds is 8. The van der Waals surface area contributed by atoms with Crippen molar-refractivity contribution in [3.8, 4) is 0 Å². The van der Waals surface area contributed by atoms with Crippen LogP contribution in [0.2, 0.25) is 0 Å². The number of hydrogen-bond donors (Lipinski definition) is 2. The summed E-state index contributed by atoms with van der Waals surface area (Å²) in [5.74, 6) is 0.888. The summed E-state index contributed by atoms with van der Waals surface area (Å²) >= 11 is 1.82. The molecule has 0 saturated carbocycles. The van der Waals surface area contributed by atoms with Crippen molar-refractivity contribution in [3.05, 3.63) is 17.5 Å². The molecule has 1 aromatic heterocycles. The second-order valence-corrected chi connectivity index (χ2v) is 6.75. The van der Waals surface area contributed by atoms with Gasteiger partial charge in [-0.1, -0.05) is 13.3 Å². The van der Waals surface area contributed by atoms with Crippen molar-refractivity contribution < 1.29 is 4.74 Å². The Morgan fingerprint density at radius 3 is 2.79 bits per heavy atom. The molecule has 0 unspecified atom stereocenters. The van der Waals surface area contributed by atoms with E-state index in [0.717, 1.165) is 58.1 Å². The molecule has 1 saturated heterocycles. The standard InChI is InChI=1S/C17H30N4OS.HI/c1-3-4-12-22-13-9-19-17(18-2)20-15-7-10-21(11-8-15)16-6-5-14-23-16;/h5-6,14-15H,3-4,7-13H2,1-2H3,(H2,18,19,20);1H. The summed E-state index contributed by atoms with van der Waals surface area (Å²) in [5, 5.41) is 10.4. The van der Waals surface area contributed by atoms with Crippen molar-refractivity contribution in [3.63, 3.8) is 0 Å². The molecule has 2 N–H and O–H groups in total. The van der Waals surface area contributed by atoms with Gasteiger partial charge < -0.3 is 20.3 Å². The SMILES string of the molecule is CCCCOCCNC(=NC)NC1CCN(c2cccs2)CC1.I. The van der Waals surface area contributed by atoms with Gasteiger partial charge in [-0.3, -0.25) is 4.99 Å². The zero-order valence-corrected chi connectivity index (χ0v) is 17.9. The molecule has 24 heavy (non-hydrogen) atoms. The minimum Gasteiger partial charge on any atom is -0.380 e. The number of thiophene rings is 1. The number of aliphatic imine (C=N–C) groups is 1. The maximum Gasteiger partial charge on any atom is 0.191 e. The van der Waals surface area contributed by atoms with Gasteiger partial charge in [-0.05, 0) is 36.8 Å². The van der Waals surface area contributed by atoms with Gasteiger partial charge in [0.15, 0.2) is 5.96 Å². The van der Waals surface area contributed by atoms with Crippen molar-refractivity contribution >= 4 is 46.3 Å². The number of nitrogens with one attached hydrogen (secondary N) is 2. The number of anilines is 1. The van der Waals surface area contributed by atoms with E-state index in [1.807, 2.05) is 18.4 Å². The van der Waals surface area contributed by atoms with Gasteiger partial charge in [0, 0.05) is 39.3 Å². The topological polar surface area (TPSA) is 48.9 Å². The van der Waals surface area contributed by atoms with Crippen LogP contribution >= 0.6 is 35.3 Å². The third-order valence-corrected chi connectivity index (χ3v) is 4.99. The predicted molar refractivity (Wildman–Crippen MR) is 115 cm³/mol. The maximum absolute atomic E-state index is 5.56. The molecule has 0 radical (unpaired) electrons. The van der Waals surface area contributed by atoms with Crippen LogP contribution in [0.5, 0.6) is 0 Å². The molecule has 2 heterocycles. The minimum absolute atomic E-state index is 0. The molecule has 1 fully saturated rings. The number of piperidine rings is 1. The van der Waals surface area contributed by atoms with Gasteiger partial charge in [-0.15, -0.1) is 35.3 Å². The van der Waals surface area contributed by atoms with Gasteiger partial charge in [0.25, 0.3) is 0 Å². The highest BCUT2D eigenvalue weighted by atomic mass is 127. The summed E-state index contributed by atoms with van der Waals surface area (Å²) in [6.07, 6.45) is 4.60. The van der Waals surface area contributed by atoms with E-state index in [2.05, 4.69) is 45.0 Å². The second kappa shape index (κ2) is 12.8. The molecular weight excluding hydrogens is 435 g/mol. The van der Waals surface area contributed by atoms with E-state index in [4.69, 9.17) is 4.74 Å². The lowest BCUT2D eigenvalue weighted by atomic mass is 10.1. The highest BCUT2D eigenvalue weighted by molar-refractivity contribution is 14.0. The molecule has 1 aromatic rings. The summed E-state index contributed by atoms with van der Waals surface area (Å²) in [4.78, 5) is 6.79. The van der Waals surface area contributed by atoms with Crippen molar-refractivity contribution in [2.75, 3.05) is 44.8 Å². The fraction of sp³-hybridized carbons (Fsp3) is 0.706. The molecule has 0 bridgehead atoms. The van der Waals surface area contributed by atoms with Gasteiger partial charge in [0.1, 0.15) is 0 Å². The van der Waals surface area contributed by atoms with Crippen LogP contribution in [0.3, 0.4) is 0 Å². The van der Waals surface area contributed by atoms with Crippen LogP contribution in [-0.4, -0.2) is 51.9 Å². The Hall–Kier alpha value is -0.540. The first-order chi connectivity index (χ1) is 11.3. The fourth-order valence-electron chi connectivity index (χ4n) is 2.67. The van der Waals surface area contributed by atoms with Crippen molar-refractivity contribution in [2.45, 2.75) is 38.6 Å². The molecule has 1 aliphatic rings. The van der Waals surface area contributed by atoms with E-state index >= 15 is 0 Å². The highest BCUT2D eigenvalue weighted by Gasteiger charge is 2.20. The molecule has 1 aliphatic heterocycles. The van der Waals surface area contributed by atoms with Crippen LogP contribution in [0.25, 0.3) is 0 Å². The number of nitrogens with zero attached hydrogens (tertiary/aromatic N) is 2. The summed E-state index contributed by atoms with van der Waals surface area (Å²) in [7, 11) is 1.83. The number of halogens is 1. The van der Waals surface area contributed by atoms with Gasteiger partial charge in [-0.2, -0.15) is 0 Å². The molecular formula is C17H31IN4OS. The zero-order valence-electron chi connectivity index (χ0n) is 14.8. The summed E-state index contributed by atoms with van der Waals surface area (Å²) < 4.78 is 5.56. The van der Waals surface area contributed by atoms with Crippen molar-refractivity contribution in [1.82, 2.24) is 10.6 Å². The van der Waals surface area contributed by atoms with Crippen molar-refractivity contribution in [2.24, 2.45) is 4.99 Å². The molecule has 0 amide bonds. The average Bonchev–Trinajstić information content (AvgIpc) is 3.12. The van der Waals surface area contributed by atoms with Crippen LogP contribution in [0, 0.1) is 0 Å². The van der Waals surface area contributed by atoms with Crippen LogP contribution < -0.4 is 15.5 Å². The number of guanidine groups is 1. The Morgan fingerprint density at radius 2 is 2.17 bits per heavy atom. The quantitative estimate of drug-likeness (QED) is 0.267. The van der Waals surface area contributed by atoms with Crippen LogP contribution in [0.1, 0.15) is 32.6 Å². The van der Waals surface area contributed by atoms with Gasteiger partial charge in [0.2, 0.25) is 0 Å². The first kappa shape index (κ1) is 21.5. The van der Waals surface area contributed by atoms with Crippen LogP contribution in [0.4, 0.5) is 5.00 Å². The Labute approximate surface area is 167 Å². The average molecular weight is 466 g/mol. The van der Waals surface area contributed by atoms with Crippen LogP contribution in [-0.2, 0) is 4.74 Å². The van der Waals surface area contributed by atoms with E-state index < -0.39 is 0 Å².